The van der Waals surface area contributed by atoms with Crippen molar-refractivity contribution in [1.82, 2.24) is 10.3 Å². The fourth-order valence-electron chi connectivity index (χ4n) is 4.34. The number of hydrogen-bond acceptors (Lipinski definition) is 8. The quantitative estimate of drug-likeness (QED) is 0.331. The Kier molecular flexibility index (Phi) is 8.01. The van der Waals surface area contributed by atoms with Crippen molar-refractivity contribution in [2.75, 3.05) is 43.1 Å². The second-order valence-electron chi connectivity index (χ2n) is 9.09. The first kappa shape index (κ1) is 25.5. The third kappa shape index (κ3) is 6.21. The van der Waals surface area contributed by atoms with Gasteiger partial charge in [-0.1, -0.05) is 30.3 Å². The molecule has 2 aromatic carbocycles. The summed E-state index contributed by atoms with van der Waals surface area (Å²) in [5, 5.41) is 15.0. The summed E-state index contributed by atoms with van der Waals surface area (Å²) in [6, 6.07) is 19.6. The number of pyridine rings is 1. The summed E-state index contributed by atoms with van der Waals surface area (Å²) in [7, 11) is 0. The monoisotopic (exact) mass is 518 g/mol. The minimum absolute atomic E-state index is 0.0482. The van der Waals surface area contributed by atoms with Crippen molar-refractivity contribution in [2.45, 2.75) is 25.5 Å². The molecule has 1 aromatic heterocycles. The molecule has 2 amide bonds. The molecule has 0 aliphatic carbocycles. The summed E-state index contributed by atoms with van der Waals surface area (Å²) in [6.45, 7) is 2.27. The Hall–Kier alpha value is -4.15. The number of ether oxygens (including phenoxy) is 3. The van der Waals surface area contributed by atoms with Crippen LogP contribution in [0, 0.1) is 0 Å². The van der Waals surface area contributed by atoms with Crippen LogP contribution in [0.25, 0.3) is 11.1 Å². The summed E-state index contributed by atoms with van der Waals surface area (Å²) < 4.78 is 16.6. The molecular formula is C28H30N4O6. The molecule has 0 unspecified atom stereocenters. The van der Waals surface area contributed by atoms with E-state index in [0.29, 0.717) is 56.5 Å². The summed E-state index contributed by atoms with van der Waals surface area (Å²) in [6.07, 6.45) is 0.531. The number of carbonyl (C=O) groups is 2. The van der Waals surface area contributed by atoms with E-state index < -0.39 is 6.09 Å². The van der Waals surface area contributed by atoms with Gasteiger partial charge in [0.1, 0.15) is 17.7 Å². The van der Waals surface area contributed by atoms with Crippen LogP contribution in [0.3, 0.4) is 0 Å². The Balaban J connectivity index is 1.11. The smallest absolute Gasteiger partial charge is 0.415 e. The van der Waals surface area contributed by atoms with E-state index in [1.807, 2.05) is 30.3 Å². The molecule has 2 aliphatic heterocycles. The lowest BCUT2D eigenvalue weighted by atomic mass is 10.0. The lowest BCUT2D eigenvalue weighted by Gasteiger charge is -2.19. The van der Waals surface area contributed by atoms with Crippen LogP contribution < -0.4 is 25.0 Å². The molecule has 10 heteroatoms. The number of cyclic esters (lactones) is 1. The van der Waals surface area contributed by atoms with E-state index in [1.165, 1.54) is 4.90 Å². The summed E-state index contributed by atoms with van der Waals surface area (Å²) in [5.41, 5.74) is 3.30. The topological polar surface area (TPSA) is 122 Å². The number of aliphatic hydroxyl groups excluding tert-OH is 1. The highest BCUT2D eigenvalue weighted by Gasteiger charge is 2.33. The zero-order valence-electron chi connectivity index (χ0n) is 20.9. The van der Waals surface area contributed by atoms with Gasteiger partial charge in [0.05, 0.1) is 13.2 Å². The molecule has 3 aromatic rings. The van der Waals surface area contributed by atoms with Crippen LogP contribution in [0.15, 0.2) is 60.7 Å². The first-order valence-corrected chi connectivity index (χ1v) is 12.6. The minimum Gasteiger partial charge on any atom is -0.493 e. The predicted octanol–water partition coefficient (Wildman–Crippen LogP) is 3.35. The predicted molar refractivity (Wildman–Crippen MR) is 141 cm³/mol. The van der Waals surface area contributed by atoms with Crippen molar-refractivity contribution < 1.29 is 28.9 Å². The zero-order chi connectivity index (χ0) is 26.3. The first-order chi connectivity index (χ1) is 18.6. The highest BCUT2D eigenvalue weighted by Crippen LogP contribution is 2.30. The fraction of sp³-hybridized carbons (Fsp3) is 0.321. The molecule has 1 saturated heterocycles. The van der Waals surface area contributed by atoms with Crippen LogP contribution in [0.1, 0.15) is 18.4 Å². The molecular weight excluding hydrogens is 488 g/mol. The molecule has 38 heavy (non-hydrogen) atoms. The average molecular weight is 519 g/mol. The normalized spacial score (nSPS) is 16.4. The Morgan fingerprint density at radius 2 is 1.95 bits per heavy atom. The zero-order valence-corrected chi connectivity index (χ0v) is 20.9. The van der Waals surface area contributed by atoms with Crippen molar-refractivity contribution in [3.63, 3.8) is 0 Å². The van der Waals surface area contributed by atoms with Gasteiger partial charge in [0, 0.05) is 19.6 Å². The Morgan fingerprint density at radius 1 is 1.11 bits per heavy atom. The number of carbonyl (C=O) groups excluding carboxylic acids is 2. The van der Waals surface area contributed by atoms with Gasteiger partial charge < -0.3 is 30.0 Å². The minimum atomic E-state index is -0.458. The highest BCUT2D eigenvalue weighted by atomic mass is 16.6. The number of aromatic nitrogens is 1. The van der Waals surface area contributed by atoms with Gasteiger partial charge in [0.15, 0.2) is 18.2 Å². The molecule has 10 nitrogen and oxygen atoms in total. The molecule has 198 valence electrons. The summed E-state index contributed by atoms with van der Waals surface area (Å²) in [5.74, 6) is 1.69. The molecule has 5 rings (SSSR count). The van der Waals surface area contributed by atoms with Gasteiger partial charge in [0.2, 0.25) is 0 Å². The van der Waals surface area contributed by atoms with E-state index >= 15 is 0 Å². The molecule has 0 bridgehead atoms. The maximum Gasteiger partial charge on any atom is 0.415 e. The van der Waals surface area contributed by atoms with E-state index in [9.17, 15) is 9.59 Å². The third-order valence-electron chi connectivity index (χ3n) is 6.25. The fourth-order valence-corrected chi connectivity index (χ4v) is 4.34. The molecule has 1 atom stereocenters. The maximum atomic E-state index is 12.4. The van der Waals surface area contributed by atoms with Crippen LogP contribution in [-0.4, -0.2) is 61.1 Å². The first-order valence-electron chi connectivity index (χ1n) is 12.6. The molecule has 0 radical (unpaired) electrons. The summed E-state index contributed by atoms with van der Waals surface area (Å²) >= 11 is 0. The lowest BCUT2D eigenvalue weighted by molar-refractivity contribution is -0.118. The van der Waals surface area contributed by atoms with E-state index in [4.69, 9.17) is 19.3 Å². The van der Waals surface area contributed by atoms with Gasteiger partial charge in [-0.2, -0.15) is 0 Å². The largest absolute Gasteiger partial charge is 0.493 e. The highest BCUT2D eigenvalue weighted by molar-refractivity contribution is 5.95. The molecule has 3 heterocycles. The van der Waals surface area contributed by atoms with Crippen LogP contribution >= 0.6 is 0 Å². The van der Waals surface area contributed by atoms with Gasteiger partial charge in [-0.3, -0.25) is 9.69 Å². The number of hydrogen-bond donors (Lipinski definition) is 3. The lowest BCUT2D eigenvalue weighted by Crippen LogP contribution is -2.29. The number of nitrogens with one attached hydrogen (secondary N) is 2. The average Bonchev–Trinajstić information content (AvgIpc) is 3.31. The van der Waals surface area contributed by atoms with E-state index in [1.54, 1.807) is 12.1 Å². The van der Waals surface area contributed by atoms with Crippen molar-refractivity contribution in [1.29, 1.82) is 0 Å². The molecule has 1 fully saturated rings. The number of amides is 2. The molecule has 2 aliphatic rings. The van der Waals surface area contributed by atoms with Crippen molar-refractivity contribution in [3.05, 3.63) is 66.2 Å². The Labute approximate surface area is 220 Å². The van der Waals surface area contributed by atoms with Gasteiger partial charge >= 0.3 is 6.09 Å². The van der Waals surface area contributed by atoms with Crippen LogP contribution in [0.2, 0.25) is 0 Å². The second kappa shape index (κ2) is 11.9. The Bertz CT molecular complexity index is 1300. The van der Waals surface area contributed by atoms with Gasteiger partial charge in [-0.05, 0) is 60.0 Å². The number of benzene rings is 2. The number of anilines is 2. The van der Waals surface area contributed by atoms with Crippen molar-refractivity contribution in [2.24, 2.45) is 0 Å². The Morgan fingerprint density at radius 3 is 2.82 bits per heavy atom. The van der Waals surface area contributed by atoms with Crippen molar-refractivity contribution in [3.8, 4) is 22.6 Å². The molecule has 0 spiro atoms. The van der Waals surface area contributed by atoms with E-state index in [-0.39, 0.29) is 25.2 Å². The van der Waals surface area contributed by atoms with E-state index in [0.717, 1.165) is 22.4 Å². The van der Waals surface area contributed by atoms with Gasteiger partial charge in [0.25, 0.3) is 5.91 Å². The second-order valence-corrected chi connectivity index (χ2v) is 9.09. The van der Waals surface area contributed by atoms with Crippen molar-refractivity contribution >= 4 is 23.6 Å². The number of aliphatic hydroxyl groups is 1. The maximum absolute atomic E-state index is 12.4. The molecule has 0 saturated carbocycles. The summed E-state index contributed by atoms with van der Waals surface area (Å²) in [4.78, 5) is 29.8. The molecule has 3 N–H and O–H groups in total. The van der Waals surface area contributed by atoms with Crippen LogP contribution in [-0.2, 0) is 16.1 Å². The van der Waals surface area contributed by atoms with Gasteiger partial charge in [-0.25, -0.2) is 9.78 Å². The number of rotatable bonds is 11. The standard InChI is InChI=1S/C28H30N4O6/c33-12-3-13-36-22-7-2-6-21(15-22)20-5-1-4-19(14-20)16-29-11-10-23-17-32(28(35)38-23)25-9-8-24-27(30-25)31-26(34)18-37-24/h1-2,4-9,14-15,23,29,33H,3,10-13,16-18H2,(H,30,31,34)/t23-/m0/s1. The van der Waals surface area contributed by atoms with Crippen LogP contribution in [0.4, 0.5) is 16.4 Å². The number of fused-ring (bicyclic) bond motifs is 1. The SMILES string of the molecule is O=C1COc2ccc(N3C[C@H](CCNCc4cccc(-c5cccc(OCCCO)c5)c4)OC3=O)nc2N1. The van der Waals surface area contributed by atoms with Gasteiger partial charge in [-0.15, -0.1) is 0 Å². The number of nitrogens with zero attached hydrogens (tertiary/aromatic N) is 2. The third-order valence-corrected chi connectivity index (χ3v) is 6.25. The van der Waals surface area contributed by atoms with Crippen LogP contribution in [0.5, 0.6) is 11.5 Å². The van der Waals surface area contributed by atoms with E-state index in [2.05, 4.69) is 33.8 Å².